The zero-order valence-corrected chi connectivity index (χ0v) is 18.8. The van der Waals surface area contributed by atoms with Crippen molar-refractivity contribution in [1.82, 2.24) is 5.32 Å². The van der Waals surface area contributed by atoms with Gasteiger partial charge in [-0.2, -0.15) is 0 Å². The fourth-order valence-electron chi connectivity index (χ4n) is 4.36. The van der Waals surface area contributed by atoms with Crippen molar-refractivity contribution < 1.29 is 19.7 Å². The van der Waals surface area contributed by atoms with Crippen LogP contribution in [0.15, 0.2) is 91.0 Å². The van der Waals surface area contributed by atoms with Crippen LogP contribution in [0.3, 0.4) is 0 Å². The summed E-state index contributed by atoms with van der Waals surface area (Å²) in [5.74, 6) is 0. The first-order valence-corrected chi connectivity index (χ1v) is 11.6. The zero-order chi connectivity index (χ0) is 22.9. The van der Waals surface area contributed by atoms with E-state index in [4.69, 9.17) is 9.47 Å². The van der Waals surface area contributed by atoms with E-state index in [9.17, 15) is 10.2 Å². The van der Waals surface area contributed by atoms with Crippen LogP contribution in [-0.2, 0) is 29.2 Å². The molecule has 0 spiro atoms. The monoisotopic (exact) mass is 447 g/mol. The molecule has 0 aliphatic heterocycles. The van der Waals surface area contributed by atoms with E-state index in [1.54, 1.807) is 0 Å². The highest BCUT2D eigenvalue weighted by molar-refractivity contribution is 5.16. The summed E-state index contributed by atoms with van der Waals surface area (Å²) in [5.41, 5.74) is 3.20. The Balaban J connectivity index is 1.45. The topological polar surface area (TPSA) is 71.0 Å². The van der Waals surface area contributed by atoms with Gasteiger partial charge in [-0.15, -0.1) is 0 Å². The molecule has 0 heterocycles. The summed E-state index contributed by atoms with van der Waals surface area (Å²) >= 11 is 0. The molecule has 1 aliphatic carbocycles. The summed E-state index contributed by atoms with van der Waals surface area (Å²) in [6.07, 6.45) is -1.83. The van der Waals surface area contributed by atoms with Crippen molar-refractivity contribution >= 4 is 0 Å². The molecule has 33 heavy (non-hydrogen) atoms. The largest absolute Gasteiger partial charge is 0.390 e. The molecule has 1 fully saturated rings. The lowest BCUT2D eigenvalue weighted by Crippen LogP contribution is -2.45. The van der Waals surface area contributed by atoms with Crippen molar-refractivity contribution in [2.24, 2.45) is 0 Å². The molecule has 174 valence electrons. The van der Waals surface area contributed by atoms with Crippen molar-refractivity contribution in [3.8, 4) is 0 Å². The lowest BCUT2D eigenvalue weighted by atomic mass is 10.0. The molecule has 3 N–H and O–H groups in total. The molecule has 5 nitrogen and oxygen atoms in total. The number of nitrogens with one attached hydrogen (secondary N) is 1. The molecule has 3 aromatic rings. The predicted octanol–water partition coefficient (Wildman–Crippen LogP) is 3.83. The van der Waals surface area contributed by atoms with Gasteiger partial charge in [0.2, 0.25) is 0 Å². The number of aliphatic hydroxyl groups is 2. The van der Waals surface area contributed by atoms with Crippen molar-refractivity contribution in [2.45, 2.75) is 63.1 Å². The summed E-state index contributed by atoms with van der Waals surface area (Å²) in [7, 11) is 0. The second-order valence-electron chi connectivity index (χ2n) is 8.69. The molecule has 0 aromatic heterocycles. The van der Waals surface area contributed by atoms with Gasteiger partial charge in [-0.3, -0.25) is 0 Å². The molecule has 5 heteroatoms. The summed E-state index contributed by atoms with van der Waals surface area (Å²) in [5, 5.41) is 25.7. The predicted molar refractivity (Wildman–Crippen MR) is 128 cm³/mol. The van der Waals surface area contributed by atoms with Crippen LogP contribution in [0.1, 0.15) is 29.5 Å². The Morgan fingerprint density at radius 2 is 1.00 bits per heavy atom. The lowest BCUT2D eigenvalue weighted by Gasteiger charge is -2.31. The second kappa shape index (κ2) is 12.1. The second-order valence-corrected chi connectivity index (χ2v) is 8.69. The van der Waals surface area contributed by atoms with Crippen LogP contribution in [0, 0.1) is 0 Å². The minimum absolute atomic E-state index is 0.0524. The number of benzene rings is 3. The Kier molecular flexibility index (Phi) is 8.64. The molecular weight excluding hydrogens is 414 g/mol. The highest BCUT2D eigenvalue weighted by Gasteiger charge is 2.40. The molecular formula is C28H33NO4. The van der Waals surface area contributed by atoms with E-state index in [2.05, 4.69) is 17.4 Å². The smallest absolute Gasteiger partial charge is 0.112 e. The Morgan fingerprint density at radius 1 is 0.606 bits per heavy atom. The fourth-order valence-corrected chi connectivity index (χ4v) is 4.36. The number of hydrogen-bond acceptors (Lipinski definition) is 5. The van der Waals surface area contributed by atoms with Gasteiger partial charge in [0, 0.05) is 12.6 Å². The molecule has 0 amide bonds. The van der Waals surface area contributed by atoms with Gasteiger partial charge < -0.3 is 25.0 Å². The quantitative estimate of drug-likeness (QED) is 0.435. The van der Waals surface area contributed by atoms with Crippen molar-refractivity contribution in [1.29, 1.82) is 0 Å². The first-order chi connectivity index (χ1) is 16.2. The van der Waals surface area contributed by atoms with E-state index in [1.165, 1.54) is 5.56 Å². The third-order valence-electron chi connectivity index (χ3n) is 6.14. The van der Waals surface area contributed by atoms with Gasteiger partial charge >= 0.3 is 0 Å². The van der Waals surface area contributed by atoms with Crippen molar-refractivity contribution in [3.63, 3.8) is 0 Å². The number of hydrogen-bond donors (Lipinski definition) is 3. The minimum atomic E-state index is -0.764. The van der Waals surface area contributed by atoms with E-state index < -0.39 is 24.4 Å². The van der Waals surface area contributed by atoms with Crippen LogP contribution in [0.4, 0.5) is 0 Å². The van der Waals surface area contributed by atoms with Gasteiger partial charge in [0.05, 0.1) is 25.4 Å². The SMILES string of the molecule is O[C@H]1CC(NCc2ccccc2)C[C@H](O)[C@@H](OCc2ccccc2)[C@@H]1OCc1ccccc1. The molecule has 1 aliphatic rings. The molecule has 0 unspecified atom stereocenters. The zero-order valence-electron chi connectivity index (χ0n) is 18.8. The summed E-state index contributed by atoms with van der Waals surface area (Å²) in [6, 6.07) is 29.8. The van der Waals surface area contributed by atoms with Gasteiger partial charge in [-0.05, 0) is 29.5 Å². The van der Waals surface area contributed by atoms with Crippen LogP contribution in [0.5, 0.6) is 0 Å². The maximum Gasteiger partial charge on any atom is 0.112 e. The molecule has 0 saturated heterocycles. The molecule has 4 rings (SSSR count). The summed E-state index contributed by atoms with van der Waals surface area (Å²) in [6.45, 7) is 1.38. The number of rotatable bonds is 9. The number of ether oxygens (including phenoxy) is 2. The molecule has 0 radical (unpaired) electrons. The maximum absolute atomic E-state index is 11.1. The maximum atomic E-state index is 11.1. The van der Waals surface area contributed by atoms with Gasteiger partial charge in [0.25, 0.3) is 0 Å². The molecule has 3 aromatic carbocycles. The van der Waals surface area contributed by atoms with Gasteiger partial charge in [0.15, 0.2) is 0 Å². The Hall–Kier alpha value is -2.54. The van der Waals surface area contributed by atoms with E-state index >= 15 is 0 Å². The number of aliphatic hydroxyl groups excluding tert-OH is 2. The highest BCUT2D eigenvalue weighted by atomic mass is 16.6. The van der Waals surface area contributed by atoms with Crippen LogP contribution < -0.4 is 5.32 Å². The van der Waals surface area contributed by atoms with E-state index in [0.717, 1.165) is 11.1 Å². The summed E-state index contributed by atoms with van der Waals surface area (Å²) < 4.78 is 12.4. The standard InChI is InChI=1S/C28H33NO4/c30-25-16-24(29-18-21-10-4-1-5-11-21)17-26(31)28(33-20-23-14-8-3-9-15-23)27(25)32-19-22-12-6-2-7-13-22/h1-15,24-31H,16-20H2/t25-,26-,27+,28+/m0/s1. The first-order valence-electron chi connectivity index (χ1n) is 11.6. The average Bonchev–Trinajstić information content (AvgIpc) is 2.97. The van der Waals surface area contributed by atoms with Gasteiger partial charge in [-0.25, -0.2) is 0 Å². The molecule has 1 saturated carbocycles. The average molecular weight is 448 g/mol. The van der Waals surface area contributed by atoms with E-state index in [-0.39, 0.29) is 6.04 Å². The Labute approximate surface area is 196 Å². The molecule has 4 atom stereocenters. The first kappa shape index (κ1) is 23.6. The Morgan fingerprint density at radius 3 is 1.42 bits per heavy atom. The Bertz CT molecular complexity index is 880. The van der Waals surface area contributed by atoms with Crippen molar-refractivity contribution in [3.05, 3.63) is 108 Å². The van der Waals surface area contributed by atoms with Gasteiger partial charge in [-0.1, -0.05) is 91.0 Å². The molecule has 0 bridgehead atoms. The third-order valence-corrected chi connectivity index (χ3v) is 6.14. The fraction of sp³-hybridized carbons (Fsp3) is 0.357. The van der Waals surface area contributed by atoms with Crippen LogP contribution >= 0.6 is 0 Å². The third kappa shape index (κ3) is 6.97. The van der Waals surface area contributed by atoms with Crippen molar-refractivity contribution in [2.75, 3.05) is 0 Å². The summed E-state index contributed by atoms with van der Waals surface area (Å²) in [4.78, 5) is 0. The minimum Gasteiger partial charge on any atom is -0.390 e. The van der Waals surface area contributed by atoms with Crippen LogP contribution in [0.25, 0.3) is 0 Å². The van der Waals surface area contributed by atoms with Crippen LogP contribution in [-0.4, -0.2) is 40.7 Å². The van der Waals surface area contributed by atoms with E-state index in [0.29, 0.717) is 32.6 Å². The van der Waals surface area contributed by atoms with Crippen LogP contribution in [0.2, 0.25) is 0 Å². The highest BCUT2D eigenvalue weighted by Crippen LogP contribution is 2.27. The normalized spacial score (nSPS) is 23.8. The van der Waals surface area contributed by atoms with Gasteiger partial charge in [0.1, 0.15) is 12.2 Å². The van der Waals surface area contributed by atoms with E-state index in [1.807, 2.05) is 78.9 Å². The lowest BCUT2D eigenvalue weighted by molar-refractivity contribution is -0.159.